The SMILES string of the molecule is O=S(=O)([O-])C(F)(F)F.[OH-].c1cc[nH+]cc1.c1cc[nH+]cc1. The van der Waals surface area contributed by atoms with Gasteiger partial charge in [-0.05, 0) is 0 Å². The lowest BCUT2D eigenvalue weighted by Gasteiger charge is -2.08. The smallest absolute Gasteiger partial charge is 0.485 e. The van der Waals surface area contributed by atoms with Crippen molar-refractivity contribution < 1.29 is 41.6 Å². The normalized spacial score (nSPS) is 9.90. The van der Waals surface area contributed by atoms with E-state index in [0.717, 1.165) is 0 Å². The van der Waals surface area contributed by atoms with Gasteiger partial charge in [-0.1, -0.05) is 12.1 Å². The Labute approximate surface area is 119 Å². The minimum absolute atomic E-state index is 0. The molecule has 3 N–H and O–H groups in total. The summed E-state index contributed by atoms with van der Waals surface area (Å²) in [7, 11) is -6.09. The highest BCUT2D eigenvalue weighted by molar-refractivity contribution is 7.86. The summed E-state index contributed by atoms with van der Waals surface area (Å²) in [6.45, 7) is 0. The van der Waals surface area contributed by atoms with Gasteiger partial charge in [-0.15, -0.1) is 0 Å². The van der Waals surface area contributed by atoms with E-state index in [1.165, 1.54) is 0 Å². The molecule has 0 saturated carbocycles. The van der Waals surface area contributed by atoms with Gasteiger partial charge in [0, 0.05) is 24.3 Å². The lowest BCUT2D eigenvalue weighted by Crippen LogP contribution is -2.21. The van der Waals surface area contributed by atoms with Crippen molar-refractivity contribution in [2.75, 3.05) is 0 Å². The summed E-state index contributed by atoms with van der Waals surface area (Å²) >= 11 is 0. The Balaban J connectivity index is 0. The van der Waals surface area contributed by atoms with Gasteiger partial charge in [0.1, 0.15) is 0 Å². The van der Waals surface area contributed by atoms with E-state index >= 15 is 0 Å². The lowest BCUT2D eigenvalue weighted by molar-refractivity contribution is -0.378. The van der Waals surface area contributed by atoms with Gasteiger partial charge in [-0.3, -0.25) is 0 Å². The van der Waals surface area contributed by atoms with E-state index in [1.54, 1.807) is 0 Å². The molecule has 0 unspecified atom stereocenters. The predicted molar refractivity (Wildman–Crippen MR) is 63.7 cm³/mol. The molecule has 2 heterocycles. The molecule has 0 amide bonds. The quantitative estimate of drug-likeness (QED) is 0.527. The number of hydrogen-bond acceptors (Lipinski definition) is 4. The van der Waals surface area contributed by atoms with Crippen LogP contribution >= 0.6 is 0 Å². The number of aromatic nitrogens is 2. The largest absolute Gasteiger partial charge is 0.870 e. The van der Waals surface area contributed by atoms with Crippen LogP contribution in [-0.2, 0) is 10.1 Å². The molecule has 2 aromatic heterocycles. The molecule has 0 aliphatic rings. The predicted octanol–water partition coefficient (Wildman–Crippen LogP) is 0.876. The average Bonchev–Trinajstić information content (AvgIpc) is 2.42. The summed E-state index contributed by atoms with van der Waals surface area (Å²) in [5.41, 5.74) is -5.65. The highest BCUT2D eigenvalue weighted by atomic mass is 32.2. The second kappa shape index (κ2) is 10.7. The van der Waals surface area contributed by atoms with Gasteiger partial charge in [0.05, 0.1) is 0 Å². The fourth-order valence-electron chi connectivity index (χ4n) is 0.684. The van der Waals surface area contributed by atoms with Crippen molar-refractivity contribution in [2.45, 2.75) is 5.51 Å². The number of H-pyrrole nitrogens is 2. The maximum atomic E-state index is 10.7. The second-order valence-electron chi connectivity index (χ2n) is 3.05. The Morgan fingerprint density at radius 2 is 1.00 bits per heavy atom. The van der Waals surface area contributed by atoms with Crippen molar-refractivity contribution in [1.29, 1.82) is 0 Å². The third-order valence-corrected chi connectivity index (χ3v) is 2.06. The van der Waals surface area contributed by atoms with E-state index in [2.05, 4.69) is 9.97 Å². The van der Waals surface area contributed by atoms with Crippen molar-refractivity contribution >= 4 is 10.1 Å². The molecule has 2 rings (SSSR count). The molecule has 0 bridgehead atoms. The van der Waals surface area contributed by atoms with Gasteiger partial charge in [0.2, 0.25) is 0 Å². The summed E-state index contributed by atoms with van der Waals surface area (Å²) in [5, 5.41) is 0. The van der Waals surface area contributed by atoms with E-state index in [-0.39, 0.29) is 5.48 Å². The van der Waals surface area contributed by atoms with Crippen LogP contribution in [0.25, 0.3) is 0 Å². The topological polar surface area (TPSA) is 115 Å². The highest BCUT2D eigenvalue weighted by Crippen LogP contribution is 2.20. The molecule has 0 radical (unpaired) electrons. The van der Waals surface area contributed by atoms with Crippen LogP contribution in [0.3, 0.4) is 0 Å². The van der Waals surface area contributed by atoms with E-state index in [4.69, 9.17) is 13.0 Å². The zero-order chi connectivity index (χ0) is 15.5. The number of rotatable bonds is 0. The Hall–Kier alpha value is -2.04. The molecule has 0 spiro atoms. The average molecular weight is 326 g/mol. The maximum Gasteiger partial charge on any atom is 0.485 e. The molecular formula is C11H13F3N2O4S. The number of aromatic amines is 2. The molecular weight excluding hydrogens is 313 g/mol. The molecule has 21 heavy (non-hydrogen) atoms. The third kappa shape index (κ3) is 12.7. The molecule has 10 heteroatoms. The Bertz CT molecular complexity index is 466. The van der Waals surface area contributed by atoms with Gasteiger partial charge >= 0.3 is 5.51 Å². The molecule has 0 atom stereocenters. The van der Waals surface area contributed by atoms with Gasteiger partial charge < -0.3 is 10.0 Å². The van der Waals surface area contributed by atoms with E-state index in [1.807, 2.05) is 61.2 Å². The van der Waals surface area contributed by atoms with Gasteiger partial charge in [0.25, 0.3) is 0 Å². The van der Waals surface area contributed by atoms with Crippen LogP contribution in [-0.4, -0.2) is 24.0 Å². The molecule has 0 aromatic carbocycles. The summed E-state index contributed by atoms with van der Waals surface area (Å²) in [4.78, 5) is 5.78. The van der Waals surface area contributed by atoms with Crippen LogP contribution in [0.15, 0.2) is 61.2 Å². The number of hydrogen-bond donors (Lipinski definition) is 0. The van der Waals surface area contributed by atoms with E-state index < -0.39 is 15.6 Å². The van der Waals surface area contributed by atoms with Crippen LogP contribution in [0, 0.1) is 0 Å². The minimum Gasteiger partial charge on any atom is -0.870 e. The molecule has 0 fully saturated rings. The fourth-order valence-corrected chi connectivity index (χ4v) is 0.684. The molecule has 6 nitrogen and oxygen atoms in total. The first-order valence-electron chi connectivity index (χ1n) is 5.09. The molecule has 0 saturated heterocycles. The van der Waals surface area contributed by atoms with Crippen molar-refractivity contribution in [2.24, 2.45) is 0 Å². The minimum atomic E-state index is -6.09. The van der Waals surface area contributed by atoms with Gasteiger partial charge in [-0.2, -0.15) is 13.2 Å². The van der Waals surface area contributed by atoms with Crippen LogP contribution in [0.2, 0.25) is 0 Å². The second-order valence-corrected chi connectivity index (χ2v) is 4.43. The van der Waals surface area contributed by atoms with Gasteiger partial charge in [0.15, 0.2) is 34.9 Å². The third-order valence-electron chi connectivity index (χ3n) is 1.50. The first-order valence-corrected chi connectivity index (χ1v) is 6.50. The summed E-state index contributed by atoms with van der Waals surface area (Å²) in [6.07, 6.45) is 7.50. The van der Waals surface area contributed by atoms with Crippen LogP contribution in [0.4, 0.5) is 13.2 Å². The van der Waals surface area contributed by atoms with Crippen molar-refractivity contribution in [3.63, 3.8) is 0 Å². The number of alkyl halides is 3. The maximum absolute atomic E-state index is 10.7. The van der Waals surface area contributed by atoms with Crippen molar-refractivity contribution in [1.82, 2.24) is 0 Å². The van der Waals surface area contributed by atoms with E-state index in [9.17, 15) is 13.2 Å². The lowest BCUT2D eigenvalue weighted by atomic mass is 10.5. The first kappa shape index (κ1) is 21.3. The molecule has 0 aliphatic heterocycles. The van der Waals surface area contributed by atoms with Crippen LogP contribution in [0.5, 0.6) is 0 Å². The molecule has 118 valence electrons. The van der Waals surface area contributed by atoms with E-state index in [0.29, 0.717) is 0 Å². The summed E-state index contributed by atoms with van der Waals surface area (Å²) < 4.78 is 58.9. The Morgan fingerprint density at radius 3 is 1.05 bits per heavy atom. The number of nitrogens with one attached hydrogen (secondary N) is 2. The molecule has 2 aromatic rings. The Kier molecular flexibility index (Phi) is 10.8. The number of pyridine rings is 2. The van der Waals surface area contributed by atoms with Crippen molar-refractivity contribution in [3.8, 4) is 0 Å². The van der Waals surface area contributed by atoms with Crippen LogP contribution in [0.1, 0.15) is 0 Å². The van der Waals surface area contributed by atoms with Crippen LogP contribution < -0.4 is 9.97 Å². The summed E-state index contributed by atoms with van der Waals surface area (Å²) in [6, 6.07) is 11.7. The van der Waals surface area contributed by atoms with Gasteiger partial charge in [-0.25, -0.2) is 18.4 Å². The number of halogens is 3. The standard InChI is InChI=1S/2C5H5N.CHF3O3S.H2O/c2*1-2-4-6-5-3-1;2-1(3,4)8(5,6)7;/h2*1-5H;(H,5,6,7);1H2. The monoisotopic (exact) mass is 326 g/mol. The van der Waals surface area contributed by atoms with Crippen molar-refractivity contribution in [3.05, 3.63) is 61.2 Å². The molecule has 0 aliphatic carbocycles. The highest BCUT2D eigenvalue weighted by Gasteiger charge is 2.36. The summed E-state index contributed by atoms with van der Waals surface area (Å²) in [5.74, 6) is 0. The fraction of sp³-hybridized carbons (Fsp3) is 0.0909. The zero-order valence-corrected chi connectivity index (χ0v) is 11.3. The first-order chi connectivity index (χ1) is 9.25. The zero-order valence-electron chi connectivity index (χ0n) is 10.5. The Morgan fingerprint density at radius 1 is 0.762 bits per heavy atom.